The van der Waals surface area contributed by atoms with Gasteiger partial charge in [-0.15, -0.1) is 0 Å². The number of methoxy groups -OCH3 is 2. The first kappa shape index (κ1) is 13.8. The van der Waals surface area contributed by atoms with E-state index in [2.05, 4.69) is 4.72 Å². The minimum atomic E-state index is -3.21. The summed E-state index contributed by atoms with van der Waals surface area (Å²) >= 11 is 0. The Labute approximate surface area is 85.8 Å². The SMILES string of the molecule is CCCS(=O)(=O)NC(C)C(OC)OC. The molecular weight excluding hydrogens is 206 g/mol. The van der Waals surface area contributed by atoms with Crippen LogP contribution in [0.15, 0.2) is 0 Å². The molecule has 0 aromatic rings. The predicted octanol–water partition coefficient (Wildman–Crippen LogP) is 0.323. The Morgan fingerprint density at radius 3 is 2.14 bits per heavy atom. The van der Waals surface area contributed by atoms with E-state index in [1.54, 1.807) is 6.92 Å². The molecule has 0 radical (unpaired) electrons. The second-order valence-corrected chi connectivity index (χ2v) is 4.94. The Bertz CT molecular complexity index is 236. The van der Waals surface area contributed by atoms with E-state index in [9.17, 15) is 8.42 Å². The van der Waals surface area contributed by atoms with Gasteiger partial charge in [-0.2, -0.15) is 0 Å². The summed E-state index contributed by atoms with van der Waals surface area (Å²) in [6.07, 6.45) is 0.0359. The molecule has 86 valence electrons. The monoisotopic (exact) mass is 225 g/mol. The molecule has 0 spiro atoms. The van der Waals surface area contributed by atoms with Crippen LogP contribution in [0.1, 0.15) is 20.3 Å². The van der Waals surface area contributed by atoms with Gasteiger partial charge in [0.25, 0.3) is 0 Å². The molecule has 0 aromatic heterocycles. The Balaban J connectivity index is 4.22. The first-order valence-corrected chi connectivity index (χ1v) is 6.17. The molecule has 0 aromatic carbocycles. The van der Waals surface area contributed by atoms with Crippen molar-refractivity contribution in [3.8, 4) is 0 Å². The molecule has 0 bridgehead atoms. The van der Waals surface area contributed by atoms with E-state index in [4.69, 9.17) is 9.47 Å². The van der Waals surface area contributed by atoms with Gasteiger partial charge >= 0.3 is 0 Å². The molecule has 0 aliphatic heterocycles. The number of ether oxygens (including phenoxy) is 2. The van der Waals surface area contributed by atoms with Gasteiger partial charge in [0, 0.05) is 14.2 Å². The number of hydrogen-bond donors (Lipinski definition) is 1. The predicted molar refractivity (Wildman–Crippen MR) is 54.5 cm³/mol. The summed E-state index contributed by atoms with van der Waals surface area (Å²) in [6, 6.07) is -0.387. The Kier molecular flexibility index (Phi) is 6.26. The van der Waals surface area contributed by atoms with Crippen LogP contribution in [0, 0.1) is 0 Å². The summed E-state index contributed by atoms with van der Waals surface area (Å²) in [5, 5.41) is 0. The molecule has 1 atom stereocenters. The fraction of sp³-hybridized carbons (Fsp3) is 1.00. The summed E-state index contributed by atoms with van der Waals surface area (Å²) in [6.45, 7) is 3.51. The molecule has 0 saturated heterocycles. The highest BCUT2D eigenvalue weighted by atomic mass is 32.2. The lowest BCUT2D eigenvalue weighted by atomic mass is 10.3. The average Bonchev–Trinajstić information content (AvgIpc) is 2.04. The van der Waals surface area contributed by atoms with Gasteiger partial charge in [0.1, 0.15) is 0 Å². The smallest absolute Gasteiger partial charge is 0.212 e. The molecular formula is C8H19NO4S. The van der Waals surface area contributed by atoms with Crippen molar-refractivity contribution in [3.63, 3.8) is 0 Å². The lowest BCUT2D eigenvalue weighted by Gasteiger charge is -2.21. The third kappa shape index (κ3) is 4.90. The Morgan fingerprint density at radius 2 is 1.79 bits per heavy atom. The maximum Gasteiger partial charge on any atom is 0.212 e. The van der Waals surface area contributed by atoms with Gasteiger partial charge in [-0.25, -0.2) is 13.1 Å². The molecule has 0 saturated carbocycles. The highest BCUT2D eigenvalue weighted by Crippen LogP contribution is 2.01. The maximum atomic E-state index is 11.4. The van der Waals surface area contributed by atoms with E-state index in [1.165, 1.54) is 14.2 Å². The van der Waals surface area contributed by atoms with E-state index >= 15 is 0 Å². The van der Waals surface area contributed by atoms with Gasteiger partial charge in [0.05, 0.1) is 11.8 Å². The standard InChI is InChI=1S/C8H19NO4S/c1-5-6-14(10,11)9-7(2)8(12-3)13-4/h7-9H,5-6H2,1-4H3. The van der Waals surface area contributed by atoms with Crippen LogP contribution in [0.2, 0.25) is 0 Å². The quantitative estimate of drug-likeness (QED) is 0.634. The zero-order valence-electron chi connectivity index (χ0n) is 9.11. The van der Waals surface area contributed by atoms with Crippen LogP contribution in [0.4, 0.5) is 0 Å². The van der Waals surface area contributed by atoms with E-state index in [0.29, 0.717) is 6.42 Å². The van der Waals surface area contributed by atoms with Crippen LogP contribution >= 0.6 is 0 Å². The second kappa shape index (κ2) is 6.34. The van der Waals surface area contributed by atoms with Crippen molar-refractivity contribution in [1.29, 1.82) is 0 Å². The van der Waals surface area contributed by atoms with Crippen molar-refractivity contribution >= 4 is 10.0 Å². The van der Waals surface area contributed by atoms with Crippen LogP contribution in [-0.2, 0) is 19.5 Å². The first-order chi connectivity index (χ1) is 6.46. The van der Waals surface area contributed by atoms with Crippen LogP contribution < -0.4 is 4.72 Å². The van der Waals surface area contributed by atoms with Gasteiger partial charge in [0.2, 0.25) is 10.0 Å². The minimum Gasteiger partial charge on any atom is -0.354 e. The van der Waals surface area contributed by atoms with Gasteiger partial charge in [-0.1, -0.05) is 6.92 Å². The van der Waals surface area contributed by atoms with Crippen LogP contribution in [0.3, 0.4) is 0 Å². The molecule has 0 rings (SSSR count). The molecule has 0 aliphatic carbocycles. The third-order valence-electron chi connectivity index (χ3n) is 1.71. The van der Waals surface area contributed by atoms with Gasteiger partial charge in [0.15, 0.2) is 6.29 Å². The summed E-state index contributed by atoms with van der Waals surface area (Å²) < 4.78 is 35.1. The van der Waals surface area contributed by atoms with Crippen molar-refractivity contribution in [2.75, 3.05) is 20.0 Å². The van der Waals surface area contributed by atoms with E-state index in [1.807, 2.05) is 6.92 Å². The molecule has 5 nitrogen and oxygen atoms in total. The molecule has 0 fully saturated rings. The molecule has 6 heteroatoms. The van der Waals surface area contributed by atoms with Crippen LogP contribution in [-0.4, -0.2) is 40.7 Å². The zero-order valence-corrected chi connectivity index (χ0v) is 9.93. The summed E-state index contributed by atoms with van der Waals surface area (Å²) in [5.41, 5.74) is 0. The first-order valence-electron chi connectivity index (χ1n) is 4.52. The van der Waals surface area contributed by atoms with Crippen molar-refractivity contribution in [3.05, 3.63) is 0 Å². The largest absolute Gasteiger partial charge is 0.354 e. The van der Waals surface area contributed by atoms with Crippen molar-refractivity contribution < 1.29 is 17.9 Å². The number of sulfonamides is 1. The third-order valence-corrected chi connectivity index (χ3v) is 3.39. The Hall–Kier alpha value is -0.170. The molecule has 1 N–H and O–H groups in total. The van der Waals surface area contributed by atoms with Crippen molar-refractivity contribution in [2.24, 2.45) is 0 Å². The maximum absolute atomic E-state index is 11.4. The van der Waals surface area contributed by atoms with Gasteiger partial charge in [-0.3, -0.25) is 0 Å². The van der Waals surface area contributed by atoms with Crippen molar-refractivity contribution in [2.45, 2.75) is 32.6 Å². The van der Waals surface area contributed by atoms with E-state index in [0.717, 1.165) is 0 Å². The summed E-state index contributed by atoms with van der Waals surface area (Å²) in [4.78, 5) is 0. The van der Waals surface area contributed by atoms with E-state index < -0.39 is 16.3 Å². The second-order valence-electron chi connectivity index (χ2n) is 3.07. The van der Waals surface area contributed by atoms with Gasteiger partial charge in [-0.05, 0) is 13.3 Å². The zero-order chi connectivity index (χ0) is 11.2. The number of rotatable bonds is 7. The minimum absolute atomic E-state index is 0.123. The highest BCUT2D eigenvalue weighted by Gasteiger charge is 2.21. The Morgan fingerprint density at radius 1 is 1.29 bits per heavy atom. The molecule has 0 heterocycles. The normalized spacial score (nSPS) is 14.6. The topological polar surface area (TPSA) is 64.6 Å². The number of nitrogens with one attached hydrogen (secondary N) is 1. The van der Waals surface area contributed by atoms with Crippen molar-refractivity contribution in [1.82, 2.24) is 4.72 Å². The highest BCUT2D eigenvalue weighted by molar-refractivity contribution is 7.89. The molecule has 0 aliphatic rings. The van der Waals surface area contributed by atoms with Crippen LogP contribution in [0.5, 0.6) is 0 Å². The molecule has 1 unspecified atom stereocenters. The molecule has 0 amide bonds. The summed E-state index contributed by atoms with van der Waals surface area (Å²) in [5.74, 6) is 0.123. The van der Waals surface area contributed by atoms with E-state index in [-0.39, 0.29) is 11.8 Å². The molecule has 14 heavy (non-hydrogen) atoms. The fourth-order valence-corrected chi connectivity index (χ4v) is 2.50. The number of hydrogen-bond acceptors (Lipinski definition) is 4. The average molecular weight is 225 g/mol. The lowest BCUT2D eigenvalue weighted by Crippen LogP contribution is -2.43. The summed E-state index contributed by atoms with van der Waals surface area (Å²) in [7, 11) is -0.264. The van der Waals surface area contributed by atoms with Crippen LogP contribution in [0.25, 0.3) is 0 Å². The van der Waals surface area contributed by atoms with Gasteiger partial charge < -0.3 is 9.47 Å². The fourth-order valence-electron chi connectivity index (χ4n) is 1.17. The lowest BCUT2D eigenvalue weighted by molar-refractivity contribution is -0.115.